The van der Waals surface area contributed by atoms with E-state index in [4.69, 9.17) is 8.85 Å². The van der Waals surface area contributed by atoms with Crippen molar-refractivity contribution in [2.24, 2.45) is 0 Å². The second-order valence-electron chi connectivity index (χ2n) is 13.0. The second-order valence-corrected chi connectivity index (χ2v) is 14.6. The topological polar surface area (TPSA) is 146 Å². The van der Waals surface area contributed by atoms with Crippen LogP contribution in [0.3, 0.4) is 0 Å². The first-order chi connectivity index (χ1) is 23.7. The number of aromatic nitrogens is 4. The second kappa shape index (κ2) is 10.6. The van der Waals surface area contributed by atoms with Gasteiger partial charge < -0.3 is 23.7 Å². The number of amides is 2. The van der Waals surface area contributed by atoms with E-state index in [1.54, 1.807) is 55.9 Å². The molecule has 252 valence electrons. The zero-order valence-electron chi connectivity index (χ0n) is 28.8. The number of carbonyl (C=O) groups excluding carboxylic acids is 2. The van der Waals surface area contributed by atoms with Gasteiger partial charge in [0.1, 0.15) is 22.7 Å². The first kappa shape index (κ1) is 28.3. The number of fused-ring (bicyclic) bond motifs is 9. The maximum Gasteiger partial charge on any atom is 0.534 e. The first-order valence-electron chi connectivity index (χ1n) is 16.5. The number of carbonyl (C=O) groups is 2. The maximum atomic E-state index is 13.8. The van der Waals surface area contributed by atoms with Crippen LogP contribution in [-0.2, 0) is 20.4 Å². The van der Waals surface area contributed by atoms with Gasteiger partial charge in [0.05, 0.1) is 23.1 Å². The Balaban J connectivity index is 1.31. The standard InChI is InChI=1S/C32H31F3N6O6S/c1-30(2,3)46-29(43)39-31(11-6-12-31)28-36-15-18(16-37-28)17-9-10-20-21(13-17)41-22-14-23(26(41)38-20)40(4)27(42)19-7-5-8-24(25(19)22)47-48(44,45)32(33,34)35/h5,7-10,13,15-16,22-23H,6,11-12,14H2,1-4H3,(H,39,43)/t22-,23-/m1/s1/i4D3. The van der Waals surface area contributed by atoms with Crippen molar-refractivity contribution in [3.8, 4) is 16.9 Å². The van der Waals surface area contributed by atoms with Gasteiger partial charge >= 0.3 is 21.7 Å². The van der Waals surface area contributed by atoms with E-state index >= 15 is 0 Å². The van der Waals surface area contributed by atoms with Crippen LogP contribution in [0.2, 0.25) is 0 Å². The van der Waals surface area contributed by atoms with E-state index in [1.165, 1.54) is 6.07 Å². The SMILES string of the molecule is [2H]C([2H])([2H])N1C(=O)c2cccc(OS(=O)(=O)C(F)(F)F)c2[C@H]2C[C@@H]1c1nc3ccc(-c4cnc(C5(NC(=O)OC(C)(C)C)CCC5)nc4)cc3n12. The molecule has 4 aromatic rings. The normalized spacial score (nSPS) is 21.2. The molecular formula is C32H31F3N6O6S. The van der Waals surface area contributed by atoms with Crippen LogP contribution >= 0.6 is 0 Å². The molecule has 12 nitrogen and oxygen atoms in total. The quantitative estimate of drug-likeness (QED) is 0.205. The van der Waals surface area contributed by atoms with Crippen LogP contribution in [0.4, 0.5) is 18.0 Å². The minimum atomic E-state index is -6.15. The van der Waals surface area contributed by atoms with Crippen molar-refractivity contribution in [1.82, 2.24) is 29.7 Å². The molecule has 2 atom stereocenters. The number of hydrogen-bond acceptors (Lipinski definition) is 9. The molecule has 1 fully saturated rings. The number of imidazole rings is 1. The number of rotatable bonds is 5. The summed E-state index contributed by atoms with van der Waals surface area (Å²) < 4.78 is 101. The molecule has 0 unspecified atom stereocenters. The summed E-state index contributed by atoms with van der Waals surface area (Å²) in [5.41, 5.74) is -5.78. The monoisotopic (exact) mass is 687 g/mol. The van der Waals surface area contributed by atoms with Crippen molar-refractivity contribution in [3.63, 3.8) is 0 Å². The minimum Gasteiger partial charge on any atom is -0.444 e. The molecule has 2 aliphatic heterocycles. The lowest BCUT2D eigenvalue weighted by Crippen LogP contribution is -2.53. The fourth-order valence-electron chi connectivity index (χ4n) is 6.49. The molecule has 0 radical (unpaired) electrons. The lowest BCUT2D eigenvalue weighted by Gasteiger charge is -2.41. The molecule has 4 heterocycles. The first-order valence-corrected chi connectivity index (χ1v) is 16.4. The summed E-state index contributed by atoms with van der Waals surface area (Å²) in [6.45, 7) is 2.30. The zero-order valence-corrected chi connectivity index (χ0v) is 26.6. The summed E-state index contributed by atoms with van der Waals surface area (Å²) in [5, 5.41) is 2.91. The fourth-order valence-corrected chi connectivity index (χ4v) is 6.96. The van der Waals surface area contributed by atoms with Gasteiger partial charge in [-0.15, -0.1) is 0 Å². The molecule has 48 heavy (non-hydrogen) atoms. The van der Waals surface area contributed by atoms with Gasteiger partial charge in [-0.25, -0.2) is 19.7 Å². The Labute approximate surface area is 277 Å². The van der Waals surface area contributed by atoms with Crippen LogP contribution in [0.25, 0.3) is 22.2 Å². The van der Waals surface area contributed by atoms with Crippen molar-refractivity contribution in [2.45, 2.75) is 75.2 Å². The maximum absolute atomic E-state index is 13.8. The zero-order chi connectivity index (χ0) is 36.9. The van der Waals surface area contributed by atoms with Crippen LogP contribution in [0.1, 0.15) is 90.2 Å². The number of nitrogens with zero attached hydrogens (tertiary/aromatic N) is 5. The molecule has 0 saturated heterocycles. The molecule has 0 spiro atoms. The number of hydrogen-bond donors (Lipinski definition) is 1. The van der Waals surface area contributed by atoms with Gasteiger partial charge in [0, 0.05) is 46.6 Å². The lowest BCUT2D eigenvalue weighted by molar-refractivity contribution is -0.0500. The number of ether oxygens (including phenoxy) is 1. The molecule has 2 amide bonds. The highest BCUT2D eigenvalue weighted by atomic mass is 32.2. The van der Waals surface area contributed by atoms with E-state index < -0.39 is 63.6 Å². The number of alkyl halides is 3. The largest absolute Gasteiger partial charge is 0.534 e. The van der Waals surface area contributed by atoms with Gasteiger partial charge in [0.2, 0.25) is 0 Å². The van der Waals surface area contributed by atoms with Gasteiger partial charge in [-0.1, -0.05) is 12.1 Å². The van der Waals surface area contributed by atoms with Crippen molar-refractivity contribution in [3.05, 3.63) is 71.6 Å². The molecule has 1 saturated carbocycles. The summed E-state index contributed by atoms with van der Waals surface area (Å²) in [6, 6.07) is 6.28. The average molecular weight is 688 g/mol. The van der Waals surface area contributed by atoms with Gasteiger partial charge in [0.25, 0.3) is 5.91 Å². The Bertz CT molecular complexity index is 2200. The lowest BCUT2D eigenvalue weighted by atomic mass is 9.76. The van der Waals surface area contributed by atoms with Crippen LogP contribution in [-0.4, -0.2) is 62.9 Å². The van der Waals surface area contributed by atoms with Crippen LogP contribution in [0, 0.1) is 0 Å². The van der Waals surface area contributed by atoms with Crippen molar-refractivity contribution in [1.29, 1.82) is 0 Å². The summed E-state index contributed by atoms with van der Waals surface area (Å²) in [5.74, 6) is -1.22. The Morgan fingerprint density at radius 3 is 2.44 bits per heavy atom. The van der Waals surface area contributed by atoms with E-state index in [-0.39, 0.29) is 23.4 Å². The van der Waals surface area contributed by atoms with E-state index in [0.29, 0.717) is 45.7 Å². The summed E-state index contributed by atoms with van der Waals surface area (Å²) in [4.78, 5) is 40.8. The number of halogens is 3. The number of benzene rings is 2. The Morgan fingerprint density at radius 2 is 1.81 bits per heavy atom. The van der Waals surface area contributed by atoms with Crippen molar-refractivity contribution >= 4 is 33.2 Å². The molecule has 2 aromatic heterocycles. The highest BCUT2D eigenvalue weighted by molar-refractivity contribution is 7.88. The molecule has 2 bridgehead atoms. The number of nitrogens with one attached hydrogen (secondary N) is 1. The third kappa shape index (κ3) is 5.13. The molecule has 1 aliphatic carbocycles. The fraction of sp³-hybridized carbons (Fsp3) is 0.406. The van der Waals surface area contributed by atoms with Crippen LogP contribution < -0.4 is 9.50 Å². The van der Waals surface area contributed by atoms with Crippen molar-refractivity contribution < 1.29 is 44.2 Å². The minimum absolute atomic E-state index is 0.128. The molecule has 2 aromatic carbocycles. The molecule has 3 aliphatic rings. The predicted molar refractivity (Wildman–Crippen MR) is 165 cm³/mol. The highest BCUT2D eigenvalue weighted by Gasteiger charge is 2.51. The summed E-state index contributed by atoms with van der Waals surface area (Å²) >= 11 is 0. The van der Waals surface area contributed by atoms with E-state index in [2.05, 4.69) is 24.5 Å². The van der Waals surface area contributed by atoms with Crippen molar-refractivity contribution in [2.75, 3.05) is 6.98 Å². The van der Waals surface area contributed by atoms with Gasteiger partial charge in [-0.3, -0.25) is 4.79 Å². The van der Waals surface area contributed by atoms with Crippen LogP contribution in [0.15, 0.2) is 48.8 Å². The number of alkyl carbamates (subject to hydrolysis) is 1. The molecule has 1 N–H and O–H groups in total. The van der Waals surface area contributed by atoms with Gasteiger partial charge in [0.15, 0.2) is 5.82 Å². The van der Waals surface area contributed by atoms with Gasteiger partial charge in [-0.05, 0) is 69.9 Å². The molecule has 16 heteroatoms. The third-order valence-corrected chi connectivity index (χ3v) is 9.74. The average Bonchev–Trinajstić information content (AvgIpc) is 3.49. The summed E-state index contributed by atoms with van der Waals surface area (Å²) in [6.07, 6.45) is 4.56. The smallest absolute Gasteiger partial charge is 0.444 e. The summed E-state index contributed by atoms with van der Waals surface area (Å²) in [7, 11) is -6.15. The third-order valence-electron chi connectivity index (χ3n) is 8.78. The van der Waals surface area contributed by atoms with E-state index in [0.717, 1.165) is 18.6 Å². The molecule has 7 rings (SSSR count). The highest BCUT2D eigenvalue weighted by Crippen LogP contribution is 2.50. The predicted octanol–water partition coefficient (Wildman–Crippen LogP) is 5.75. The Morgan fingerprint density at radius 1 is 1.08 bits per heavy atom. The van der Waals surface area contributed by atoms with E-state index in [9.17, 15) is 31.2 Å². The van der Waals surface area contributed by atoms with Crippen LogP contribution in [0.5, 0.6) is 5.75 Å². The van der Waals surface area contributed by atoms with Gasteiger partial charge in [-0.2, -0.15) is 21.6 Å². The van der Waals surface area contributed by atoms with E-state index in [1.807, 2.05) is 0 Å². The Kier molecular flexibility index (Phi) is 6.27. The Hall–Kier alpha value is -4.73. The molecular weight excluding hydrogens is 653 g/mol.